The molecule has 1 N–H and O–H groups in total. The summed E-state index contributed by atoms with van der Waals surface area (Å²) in [4.78, 5) is 12.7. The van der Waals surface area contributed by atoms with Crippen molar-refractivity contribution in [3.05, 3.63) is 89.3 Å². The average molecular weight is 419 g/mol. The number of nitrogens with one attached hydrogen (secondary N) is 1. The van der Waals surface area contributed by atoms with Gasteiger partial charge in [-0.3, -0.25) is 4.79 Å². The minimum absolute atomic E-state index is 0.0177. The van der Waals surface area contributed by atoms with Crippen molar-refractivity contribution < 1.29 is 14.1 Å². The van der Waals surface area contributed by atoms with Gasteiger partial charge in [0, 0.05) is 31.1 Å². The van der Waals surface area contributed by atoms with E-state index in [0.717, 1.165) is 37.1 Å². The molecule has 0 aliphatic carbocycles. The van der Waals surface area contributed by atoms with Gasteiger partial charge in [0.2, 0.25) is 5.76 Å². The Balaban J connectivity index is 1.39. The van der Waals surface area contributed by atoms with Gasteiger partial charge in [-0.2, -0.15) is 0 Å². The van der Waals surface area contributed by atoms with Crippen LogP contribution in [0.25, 0.3) is 0 Å². The summed E-state index contributed by atoms with van der Waals surface area (Å²) in [7, 11) is 0. The van der Waals surface area contributed by atoms with Crippen molar-refractivity contribution in [2.24, 2.45) is 0 Å². The minimum Gasteiger partial charge on any atom is -0.376 e. The minimum atomic E-state index is -0.221. The van der Waals surface area contributed by atoms with Gasteiger partial charge < -0.3 is 14.6 Å². The van der Waals surface area contributed by atoms with Gasteiger partial charge in [0.25, 0.3) is 5.91 Å². The molecule has 1 aliphatic rings. The molecule has 2 heterocycles. The Kier molecular flexibility index (Phi) is 6.23. The van der Waals surface area contributed by atoms with E-state index in [4.69, 9.17) is 9.26 Å². The van der Waals surface area contributed by atoms with Crippen LogP contribution in [0.4, 0.5) is 0 Å². The Morgan fingerprint density at radius 1 is 1.06 bits per heavy atom. The van der Waals surface area contributed by atoms with Crippen molar-refractivity contribution in [2.75, 3.05) is 13.2 Å². The third kappa shape index (κ3) is 5.23. The summed E-state index contributed by atoms with van der Waals surface area (Å²) >= 11 is 0. The molecule has 4 rings (SSSR count). The molecule has 0 bridgehead atoms. The highest BCUT2D eigenvalue weighted by atomic mass is 16.5. The van der Waals surface area contributed by atoms with Crippen LogP contribution in [-0.4, -0.2) is 29.8 Å². The molecule has 5 nitrogen and oxygen atoms in total. The van der Waals surface area contributed by atoms with Gasteiger partial charge in [0.05, 0.1) is 11.3 Å². The molecule has 1 aliphatic heterocycles. The molecular weight excluding hydrogens is 388 g/mol. The third-order valence-electron chi connectivity index (χ3n) is 6.12. The molecule has 1 fully saturated rings. The van der Waals surface area contributed by atoms with E-state index in [1.165, 1.54) is 5.56 Å². The lowest BCUT2D eigenvalue weighted by Gasteiger charge is -2.45. The van der Waals surface area contributed by atoms with Crippen molar-refractivity contribution in [3.8, 4) is 0 Å². The van der Waals surface area contributed by atoms with Crippen LogP contribution in [0, 0.1) is 0 Å². The van der Waals surface area contributed by atoms with E-state index in [1.807, 2.05) is 36.4 Å². The number of hydrogen-bond acceptors (Lipinski definition) is 4. The molecule has 1 amide bonds. The summed E-state index contributed by atoms with van der Waals surface area (Å²) in [6, 6.07) is 22.3. The second-order valence-electron chi connectivity index (χ2n) is 9.03. The Morgan fingerprint density at radius 2 is 1.77 bits per heavy atom. The van der Waals surface area contributed by atoms with E-state index >= 15 is 0 Å². The quantitative estimate of drug-likeness (QED) is 0.592. The molecule has 31 heavy (non-hydrogen) atoms. The van der Waals surface area contributed by atoms with Crippen molar-refractivity contribution in [1.29, 1.82) is 0 Å². The van der Waals surface area contributed by atoms with E-state index in [2.05, 4.69) is 48.6 Å². The van der Waals surface area contributed by atoms with Crippen molar-refractivity contribution in [3.63, 3.8) is 0 Å². The molecule has 0 saturated carbocycles. The lowest BCUT2D eigenvalue weighted by Crippen LogP contribution is -2.45. The number of nitrogens with zero attached hydrogens (tertiary/aromatic N) is 1. The maximum absolute atomic E-state index is 12.7. The van der Waals surface area contributed by atoms with Crippen LogP contribution in [0.3, 0.4) is 0 Å². The van der Waals surface area contributed by atoms with Gasteiger partial charge in [-0.05, 0) is 44.2 Å². The monoisotopic (exact) mass is 418 g/mol. The summed E-state index contributed by atoms with van der Waals surface area (Å²) in [5.74, 6) is 0.0355. The number of carbonyl (C=O) groups is 1. The molecule has 3 aromatic rings. The van der Waals surface area contributed by atoms with Gasteiger partial charge >= 0.3 is 0 Å². The zero-order valence-electron chi connectivity index (χ0n) is 18.3. The molecule has 0 spiro atoms. The Bertz CT molecular complexity index is 998. The SMILES string of the molecule is CC1(C)CC(CCNC(=O)c2cc(Cc3ccccc3)no2)(c2ccccc2)CCO1. The van der Waals surface area contributed by atoms with Crippen LogP contribution in [-0.2, 0) is 16.6 Å². The first-order valence-electron chi connectivity index (χ1n) is 10.9. The van der Waals surface area contributed by atoms with E-state index in [-0.39, 0.29) is 22.7 Å². The number of hydrogen-bond donors (Lipinski definition) is 1. The first-order chi connectivity index (χ1) is 15.0. The highest BCUT2D eigenvalue weighted by molar-refractivity contribution is 5.91. The normalized spacial score (nSPS) is 20.3. The standard InChI is InChI=1S/C26H30N2O3/c1-25(2)19-26(14-16-30-25,21-11-7-4-8-12-21)13-15-27-24(29)23-18-22(28-31-23)17-20-9-5-3-6-10-20/h3-12,18H,13-17,19H2,1-2H3,(H,27,29). The lowest BCUT2D eigenvalue weighted by atomic mass is 9.67. The first kappa shape index (κ1) is 21.3. The van der Waals surface area contributed by atoms with E-state index in [0.29, 0.717) is 13.0 Å². The zero-order chi connectivity index (χ0) is 21.7. The second kappa shape index (κ2) is 9.06. The second-order valence-corrected chi connectivity index (χ2v) is 9.03. The van der Waals surface area contributed by atoms with Gasteiger partial charge in [-0.15, -0.1) is 0 Å². The Hall–Kier alpha value is -2.92. The Labute approximate surface area is 183 Å². The molecule has 1 saturated heterocycles. The molecule has 1 aromatic heterocycles. The van der Waals surface area contributed by atoms with Gasteiger partial charge in [0.1, 0.15) is 0 Å². The van der Waals surface area contributed by atoms with Crippen LogP contribution in [0.5, 0.6) is 0 Å². The van der Waals surface area contributed by atoms with Crippen LogP contribution >= 0.6 is 0 Å². The number of rotatable bonds is 7. The molecular formula is C26H30N2O3. The van der Waals surface area contributed by atoms with E-state index in [1.54, 1.807) is 6.07 Å². The predicted octanol–water partition coefficient (Wildman–Crippen LogP) is 4.91. The maximum atomic E-state index is 12.7. The fourth-order valence-electron chi connectivity index (χ4n) is 4.68. The summed E-state index contributed by atoms with van der Waals surface area (Å²) in [5.41, 5.74) is 2.99. The number of carbonyl (C=O) groups excluding carboxylic acids is 1. The van der Waals surface area contributed by atoms with Crippen LogP contribution < -0.4 is 5.32 Å². The highest BCUT2D eigenvalue weighted by Gasteiger charge is 2.41. The third-order valence-corrected chi connectivity index (χ3v) is 6.12. The lowest BCUT2D eigenvalue weighted by molar-refractivity contribution is -0.0838. The topological polar surface area (TPSA) is 64.4 Å². The number of aromatic nitrogens is 1. The fourth-order valence-corrected chi connectivity index (χ4v) is 4.68. The molecule has 0 radical (unpaired) electrons. The van der Waals surface area contributed by atoms with E-state index in [9.17, 15) is 4.79 Å². The largest absolute Gasteiger partial charge is 0.376 e. The summed E-state index contributed by atoms with van der Waals surface area (Å²) in [6.45, 7) is 5.58. The van der Waals surface area contributed by atoms with E-state index < -0.39 is 0 Å². The van der Waals surface area contributed by atoms with Crippen LogP contribution in [0.15, 0.2) is 71.3 Å². The number of benzene rings is 2. The molecule has 5 heteroatoms. The molecule has 1 atom stereocenters. The molecule has 1 unspecified atom stereocenters. The van der Waals surface area contributed by atoms with Gasteiger partial charge in [-0.1, -0.05) is 65.8 Å². The smallest absolute Gasteiger partial charge is 0.289 e. The first-order valence-corrected chi connectivity index (χ1v) is 10.9. The number of amides is 1. The molecule has 162 valence electrons. The predicted molar refractivity (Wildman–Crippen MR) is 120 cm³/mol. The van der Waals surface area contributed by atoms with Crippen LogP contribution in [0.1, 0.15) is 60.5 Å². The Morgan fingerprint density at radius 3 is 2.48 bits per heavy atom. The van der Waals surface area contributed by atoms with Crippen LogP contribution in [0.2, 0.25) is 0 Å². The summed E-state index contributed by atoms with van der Waals surface area (Å²) < 4.78 is 11.3. The number of ether oxygens (including phenoxy) is 1. The fraction of sp³-hybridized carbons (Fsp3) is 0.385. The van der Waals surface area contributed by atoms with Gasteiger partial charge in [-0.25, -0.2) is 0 Å². The van der Waals surface area contributed by atoms with Crippen molar-refractivity contribution >= 4 is 5.91 Å². The average Bonchev–Trinajstić information content (AvgIpc) is 3.23. The zero-order valence-corrected chi connectivity index (χ0v) is 18.3. The maximum Gasteiger partial charge on any atom is 0.289 e. The summed E-state index contributed by atoms with van der Waals surface area (Å²) in [6.07, 6.45) is 3.35. The van der Waals surface area contributed by atoms with Crippen molar-refractivity contribution in [1.82, 2.24) is 10.5 Å². The van der Waals surface area contributed by atoms with Gasteiger partial charge in [0.15, 0.2) is 0 Å². The summed E-state index contributed by atoms with van der Waals surface area (Å²) in [5, 5.41) is 7.09. The highest BCUT2D eigenvalue weighted by Crippen LogP contribution is 2.43. The molecule has 2 aromatic carbocycles. The van der Waals surface area contributed by atoms with Crippen molar-refractivity contribution in [2.45, 2.75) is 50.5 Å².